The summed E-state index contributed by atoms with van der Waals surface area (Å²) in [6.07, 6.45) is 4.15. The first-order valence-electron chi connectivity index (χ1n) is 6.81. The molecule has 3 nitrogen and oxygen atoms in total. The minimum atomic E-state index is 0.653. The zero-order valence-electron chi connectivity index (χ0n) is 10.7. The Balaban J connectivity index is 1.64. The van der Waals surface area contributed by atoms with Gasteiger partial charge in [-0.15, -0.1) is 0 Å². The van der Waals surface area contributed by atoms with Gasteiger partial charge in [-0.1, -0.05) is 6.92 Å². The summed E-state index contributed by atoms with van der Waals surface area (Å²) in [5.74, 6) is 0.927. The number of nitrogens with zero attached hydrogens (tertiary/aromatic N) is 1. The SMILES string of the molecule is CC1CCC(NCC(C)N2CCOCC2)C1. The van der Waals surface area contributed by atoms with Crippen molar-refractivity contribution in [2.24, 2.45) is 5.92 Å². The molecule has 16 heavy (non-hydrogen) atoms. The Morgan fingerprint density at radius 2 is 2.06 bits per heavy atom. The van der Waals surface area contributed by atoms with Gasteiger partial charge in [-0.3, -0.25) is 4.90 Å². The lowest BCUT2D eigenvalue weighted by Gasteiger charge is -2.33. The second-order valence-electron chi connectivity index (χ2n) is 5.52. The highest BCUT2D eigenvalue weighted by atomic mass is 16.5. The molecule has 1 N–H and O–H groups in total. The van der Waals surface area contributed by atoms with Crippen molar-refractivity contribution in [3.63, 3.8) is 0 Å². The first kappa shape index (κ1) is 12.3. The van der Waals surface area contributed by atoms with E-state index in [-0.39, 0.29) is 0 Å². The third-order valence-corrected chi connectivity index (χ3v) is 4.07. The number of rotatable bonds is 4. The fourth-order valence-electron chi connectivity index (χ4n) is 2.88. The molecule has 0 amide bonds. The Kier molecular flexibility index (Phi) is 4.62. The van der Waals surface area contributed by atoms with E-state index in [1.54, 1.807) is 0 Å². The van der Waals surface area contributed by atoms with Crippen LogP contribution in [-0.2, 0) is 4.74 Å². The van der Waals surface area contributed by atoms with Gasteiger partial charge in [0.1, 0.15) is 0 Å². The van der Waals surface area contributed by atoms with Crippen LogP contribution < -0.4 is 5.32 Å². The summed E-state index contributed by atoms with van der Waals surface area (Å²) < 4.78 is 5.38. The lowest BCUT2D eigenvalue weighted by atomic mass is 10.1. The van der Waals surface area contributed by atoms with Crippen molar-refractivity contribution >= 4 is 0 Å². The zero-order chi connectivity index (χ0) is 11.4. The van der Waals surface area contributed by atoms with Crippen LogP contribution >= 0.6 is 0 Å². The molecule has 3 unspecified atom stereocenters. The summed E-state index contributed by atoms with van der Waals surface area (Å²) in [5.41, 5.74) is 0. The van der Waals surface area contributed by atoms with E-state index < -0.39 is 0 Å². The van der Waals surface area contributed by atoms with Crippen LogP contribution in [0.5, 0.6) is 0 Å². The Labute approximate surface area is 99.5 Å². The second-order valence-corrected chi connectivity index (χ2v) is 5.52. The highest BCUT2D eigenvalue weighted by Crippen LogP contribution is 2.24. The molecule has 1 saturated heterocycles. The van der Waals surface area contributed by atoms with Gasteiger partial charge >= 0.3 is 0 Å². The molecule has 2 fully saturated rings. The Morgan fingerprint density at radius 3 is 2.69 bits per heavy atom. The second kappa shape index (κ2) is 5.99. The number of hydrogen-bond donors (Lipinski definition) is 1. The first-order chi connectivity index (χ1) is 7.75. The Hall–Kier alpha value is -0.120. The number of hydrogen-bond acceptors (Lipinski definition) is 3. The van der Waals surface area contributed by atoms with Gasteiger partial charge in [0, 0.05) is 31.7 Å². The molecule has 0 bridgehead atoms. The Morgan fingerprint density at radius 1 is 1.31 bits per heavy atom. The topological polar surface area (TPSA) is 24.5 Å². The van der Waals surface area contributed by atoms with Crippen molar-refractivity contribution in [3.8, 4) is 0 Å². The van der Waals surface area contributed by atoms with Crippen LogP contribution in [-0.4, -0.2) is 49.8 Å². The van der Waals surface area contributed by atoms with Crippen LogP contribution in [0.25, 0.3) is 0 Å². The lowest BCUT2D eigenvalue weighted by Crippen LogP contribution is -2.47. The van der Waals surface area contributed by atoms with Crippen LogP contribution in [0.15, 0.2) is 0 Å². The van der Waals surface area contributed by atoms with E-state index in [1.165, 1.54) is 19.3 Å². The van der Waals surface area contributed by atoms with Crippen molar-refractivity contribution in [2.75, 3.05) is 32.8 Å². The maximum Gasteiger partial charge on any atom is 0.0594 e. The van der Waals surface area contributed by atoms with E-state index in [0.29, 0.717) is 6.04 Å². The zero-order valence-corrected chi connectivity index (χ0v) is 10.7. The highest BCUT2D eigenvalue weighted by Gasteiger charge is 2.22. The molecule has 94 valence electrons. The van der Waals surface area contributed by atoms with Crippen molar-refractivity contribution in [1.82, 2.24) is 10.2 Å². The van der Waals surface area contributed by atoms with Crippen molar-refractivity contribution in [2.45, 2.75) is 45.2 Å². The van der Waals surface area contributed by atoms with Gasteiger partial charge in [0.05, 0.1) is 13.2 Å². The van der Waals surface area contributed by atoms with Crippen molar-refractivity contribution in [3.05, 3.63) is 0 Å². The van der Waals surface area contributed by atoms with Crippen LogP contribution in [0.3, 0.4) is 0 Å². The molecule has 1 aliphatic heterocycles. The van der Waals surface area contributed by atoms with Gasteiger partial charge in [-0.05, 0) is 32.1 Å². The molecule has 2 rings (SSSR count). The van der Waals surface area contributed by atoms with E-state index in [4.69, 9.17) is 4.74 Å². The van der Waals surface area contributed by atoms with Gasteiger partial charge in [-0.2, -0.15) is 0 Å². The largest absolute Gasteiger partial charge is 0.379 e. The predicted octanol–water partition coefficient (Wildman–Crippen LogP) is 1.49. The van der Waals surface area contributed by atoms with Crippen molar-refractivity contribution < 1.29 is 4.74 Å². The fraction of sp³-hybridized carbons (Fsp3) is 1.00. The van der Waals surface area contributed by atoms with E-state index in [9.17, 15) is 0 Å². The minimum absolute atomic E-state index is 0.653. The third kappa shape index (κ3) is 3.44. The lowest BCUT2D eigenvalue weighted by molar-refractivity contribution is 0.0199. The fourth-order valence-corrected chi connectivity index (χ4v) is 2.88. The molecule has 0 spiro atoms. The van der Waals surface area contributed by atoms with Crippen LogP contribution in [0.4, 0.5) is 0 Å². The molecule has 1 aliphatic carbocycles. The molecule has 0 aromatic carbocycles. The summed E-state index contributed by atoms with van der Waals surface area (Å²) in [7, 11) is 0. The van der Waals surface area contributed by atoms with Gasteiger partial charge in [-0.25, -0.2) is 0 Å². The van der Waals surface area contributed by atoms with Gasteiger partial charge in [0.2, 0.25) is 0 Å². The predicted molar refractivity (Wildman–Crippen MR) is 66.7 cm³/mol. The van der Waals surface area contributed by atoms with Crippen LogP contribution in [0, 0.1) is 5.92 Å². The van der Waals surface area contributed by atoms with Crippen LogP contribution in [0.2, 0.25) is 0 Å². The summed E-state index contributed by atoms with van der Waals surface area (Å²) in [5, 5.41) is 3.73. The monoisotopic (exact) mass is 226 g/mol. The molecule has 0 radical (unpaired) electrons. The molecule has 1 saturated carbocycles. The summed E-state index contributed by atoms with van der Waals surface area (Å²) in [4.78, 5) is 2.54. The number of ether oxygens (including phenoxy) is 1. The molecular weight excluding hydrogens is 200 g/mol. The maximum absolute atomic E-state index is 5.38. The normalized spacial score (nSPS) is 34.1. The number of nitrogens with one attached hydrogen (secondary N) is 1. The van der Waals surface area contributed by atoms with Gasteiger partial charge in [0.15, 0.2) is 0 Å². The quantitative estimate of drug-likeness (QED) is 0.786. The van der Waals surface area contributed by atoms with Crippen LogP contribution in [0.1, 0.15) is 33.1 Å². The van der Waals surface area contributed by atoms with Gasteiger partial charge < -0.3 is 10.1 Å². The smallest absolute Gasteiger partial charge is 0.0594 e. The standard InChI is InChI=1S/C13H26N2O/c1-11-3-4-13(9-11)14-10-12(2)15-5-7-16-8-6-15/h11-14H,3-10H2,1-2H3. The van der Waals surface area contributed by atoms with E-state index in [1.807, 2.05) is 0 Å². The third-order valence-electron chi connectivity index (χ3n) is 4.07. The van der Waals surface area contributed by atoms with E-state index in [0.717, 1.165) is 44.8 Å². The summed E-state index contributed by atoms with van der Waals surface area (Å²) in [6.45, 7) is 9.85. The highest BCUT2D eigenvalue weighted by molar-refractivity contribution is 4.80. The molecule has 3 heteroatoms. The minimum Gasteiger partial charge on any atom is -0.379 e. The summed E-state index contributed by atoms with van der Waals surface area (Å²) in [6, 6.07) is 1.43. The number of morpholine rings is 1. The molecule has 0 aromatic rings. The van der Waals surface area contributed by atoms with Crippen molar-refractivity contribution in [1.29, 1.82) is 0 Å². The molecule has 3 atom stereocenters. The molecule has 2 aliphatic rings. The Bertz CT molecular complexity index is 204. The average Bonchev–Trinajstić information content (AvgIpc) is 2.73. The van der Waals surface area contributed by atoms with Gasteiger partial charge in [0.25, 0.3) is 0 Å². The first-order valence-corrected chi connectivity index (χ1v) is 6.81. The summed E-state index contributed by atoms with van der Waals surface area (Å²) >= 11 is 0. The molecule has 0 aromatic heterocycles. The maximum atomic E-state index is 5.38. The average molecular weight is 226 g/mol. The molecular formula is C13H26N2O. The molecule has 1 heterocycles. The van der Waals surface area contributed by atoms with E-state index >= 15 is 0 Å². The van der Waals surface area contributed by atoms with E-state index in [2.05, 4.69) is 24.1 Å².